The van der Waals surface area contributed by atoms with E-state index in [1.807, 2.05) is 22.7 Å². The van der Waals surface area contributed by atoms with Gasteiger partial charge >= 0.3 is 0 Å². The fourth-order valence-electron chi connectivity index (χ4n) is 6.67. The lowest BCUT2D eigenvalue weighted by Gasteiger charge is -2.18. The van der Waals surface area contributed by atoms with Crippen LogP contribution in [0.3, 0.4) is 0 Å². The molecule has 7 aromatic carbocycles. The SMILES string of the molecule is c1ccc(-c2sc3cc4sc5ccccc5c4cc3c2-c2c3ccccc3c(-c3ccccc3)c3ccccc23)cc1. The van der Waals surface area contributed by atoms with Gasteiger partial charge in [-0.25, -0.2) is 0 Å². The first kappa shape index (κ1) is 23.9. The molecule has 0 radical (unpaired) electrons. The molecule has 9 rings (SSSR count). The Labute approximate surface area is 251 Å². The van der Waals surface area contributed by atoms with Crippen LogP contribution < -0.4 is 0 Å². The molecule has 2 heteroatoms. The first-order valence-electron chi connectivity index (χ1n) is 14.3. The lowest BCUT2D eigenvalue weighted by Crippen LogP contribution is -1.91. The highest BCUT2D eigenvalue weighted by atomic mass is 32.1. The predicted octanol–water partition coefficient (Wildman–Crippen LogP) is 12.6. The number of benzene rings is 7. The Morgan fingerprint density at radius 2 is 0.786 bits per heavy atom. The van der Waals surface area contributed by atoms with E-state index in [1.54, 1.807) is 0 Å². The van der Waals surface area contributed by atoms with Crippen LogP contribution in [-0.2, 0) is 0 Å². The molecule has 0 saturated carbocycles. The smallest absolute Gasteiger partial charge is 0.0434 e. The summed E-state index contributed by atoms with van der Waals surface area (Å²) >= 11 is 3.82. The molecule has 0 saturated heterocycles. The first-order valence-corrected chi connectivity index (χ1v) is 15.9. The maximum absolute atomic E-state index is 2.47. The minimum absolute atomic E-state index is 1.25. The summed E-state index contributed by atoms with van der Waals surface area (Å²) in [6.45, 7) is 0. The molecule has 2 heterocycles. The van der Waals surface area contributed by atoms with Gasteiger partial charge in [0.15, 0.2) is 0 Å². The minimum Gasteiger partial charge on any atom is -0.135 e. The lowest BCUT2D eigenvalue weighted by molar-refractivity contribution is 1.66. The molecule has 9 aromatic rings. The van der Waals surface area contributed by atoms with Crippen LogP contribution in [0.5, 0.6) is 0 Å². The number of hydrogen-bond donors (Lipinski definition) is 0. The maximum atomic E-state index is 2.47. The van der Waals surface area contributed by atoms with Crippen LogP contribution >= 0.6 is 22.7 Å². The van der Waals surface area contributed by atoms with Gasteiger partial charge < -0.3 is 0 Å². The second-order valence-electron chi connectivity index (χ2n) is 10.8. The molecule has 0 aliphatic rings. The summed E-state index contributed by atoms with van der Waals surface area (Å²) in [5, 5.41) is 9.18. The van der Waals surface area contributed by atoms with E-state index in [9.17, 15) is 0 Å². The third kappa shape index (κ3) is 3.53. The average molecular weight is 569 g/mol. The molecule has 42 heavy (non-hydrogen) atoms. The molecule has 0 atom stereocenters. The number of rotatable bonds is 3. The lowest BCUT2D eigenvalue weighted by atomic mass is 9.84. The van der Waals surface area contributed by atoms with Crippen molar-refractivity contribution in [3.8, 4) is 32.7 Å². The average Bonchev–Trinajstić information content (AvgIpc) is 3.61. The summed E-state index contributed by atoms with van der Waals surface area (Å²) in [6, 6.07) is 53.5. The van der Waals surface area contributed by atoms with E-state index in [0.717, 1.165) is 0 Å². The summed E-state index contributed by atoms with van der Waals surface area (Å²) in [5.41, 5.74) is 6.48. The van der Waals surface area contributed by atoms with E-state index < -0.39 is 0 Å². The third-order valence-corrected chi connectivity index (χ3v) is 10.8. The number of fused-ring (bicyclic) bond motifs is 6. The second kappa shape index (κ2) is 9.39. The Hall–Kier alpha value is -4.76. The fourth-order valence-corrected chi connectivity index (χ4v) is 9.11. The van der Waals surface area contributed by atoms with Crippen molar-refractivity contribution in [3.63, 3.8) is 0 Å². The first-order chi connectivity index (χ1) is 20.8. The molecular weight excluding hydrogens is 545 g/mol. The molecular formula is C40H24S2. The van der Waals surface area contributed by atoms with Gasteiger partial charge in [-0.15, -0.1) is 22.7 Å². The zero-order valence-electron chi connectivity index (χ0n) is 22.7. The number of hydrogen-bond acceptors (Lipinski definition) is 2. The Morgan fingerprint density at radius 3 is 1.43 bits per heavy atom. The van der Waals surface area contributed by atoms with Gasteiger partial charge in [-0.3, -0.25) is 0 Å². The van der Waals surface area contributed by atoms with E-state index >= 15 is 0 Å². The Kier molecular flexibility index (Phi) is 5.34. The summed E-state index contributed by atoms with van der Waals surface area (Å²) < 4.78 is 4.03. The zero-order valence-corrected chi connectivity index (χ0v) is 24.3. The van der Waals surface area contributed by atoms with Crippen molar-refractivity contribution in [1.82, 2.24) is 0 Å². The molecule has 2 aromatic heterocycles. The van der Waals surface area contributed by atoms with Crippen LogP contribution in [0.15, 0.2) is 146 Å². The van der Waals surface area contributed by atoms with Crippen LogP contribution in [0.2, 0.25) is 0 Å². The highest BCUT2D eigenvalue weighted by molar-refractivity contribution is 7.27. The Balaban J connectivity index is 1.49. The van der Waals surface area contributed by atoms with E-state index in [-0.39, 0.29) is 0 Å². The van der Waals surface area contributed by atoms with Crippen molar-refractivity contribution in [2.45, 2.75) is 0 Å². The summed E-state index contributed by atoms with van der Waals surface area (Å²) in [5.74, 6) is 0. The summed E-state index contributed by atoms with van der Waals surface area (Å²) in [7, 11) is 0. The van der Waals surface area contributed by atoms with E-state index in [2.05, 4.69) is 146 Å². The van der Waals surface area contributed by atoms with E-state index in [1.165, 1.54) is 84.5 Å². The predicted molar refractivity (Wildman–Crippen MR) is 186 cm³/mol. The van der Waals surface area contributed by atoms with Crippen LogP contribution in [0.4, 0.5) is 0 Å². The van der Waals surface area contributed by atoms with Crippen molar-refractivity contribution in [3.05, 3.63) is 146 Å². The van der Waals surface area contributed by atoms with Crippen molar-refractivity contribution in [2.24, 2.45) is 0 Å². The molecule has 0 unspecified atom stereocenters. The molecule has 0 fully saturated rings. The second-order valence-corrected chi connectivity index (χ2v) is 13.0. The van der Waals surface area contributed by atoms with Crippen LogP contribution in [0, 0.1) is 0 Å². The molecule has 0 aliphatic carbocycles. The fraction of sp³-hybridized carbons (Fsp3) is 0. The van der Waals surface area contributed by atoms with Crippen LogP contribution in [0.25, 0.3) is 84.5 Å². The van der Waals surface area contributed by atoms with Crippen LogP contribution in [-0.4, -0.2) is 0 Å². The third-order valence-electron chi connectivity index (χ3n) is 8.47. The van der Waals surface area contributed by atoms with Gasteiger partial charge in [-0.05, 0) is 62.0 Å². The van der Waals surface area contributed by atoms with Gasteiger partial charge in [0, 0.05) is 40.7 Å². The van der Waals surface area contributed by atoms with Crippen molar-refractivity contribution >= 4 is 74.5 Å². The van der Waals surface area contributed by atoms with Gasteiger partial charge in [-0.1, -0.05) is 127 Å². The van der Waals surface area contributed by atoms with Gasteiger partial charge in [0.2, 0.25) is 0 Å². The van der Waals surface area contributed by atoms with Crippen molar-refractivity contribution < 1.29 is 0 Å². The molecule has 0 N–H and O–H groups in total. The summed E-state index contributed by atoms with van der Waals surface area (Å²) in [6.07, 6.45) is 0. The van der Waals surface area contributed by atoms with Crippen molar-refractivity contribution in [1.29, 1.82) is 0 Å². The van der Waals surface area contributed by atoms with Crippen molar-refractivity contribution in [2.75, 3.05) is 0 Å². The highest BCUT2D eigenvalue weighted by Gasteiger charge is 2.23. The molecule has 0 bridgehead atoms. The zero-order chi connectivity index (χ0) is 27.6. The quantitative estimate of drug-likeness (QED) is 0.186. The molecule has 0 aliphatic heterocycles. The maximum Gasteiger partial charge on any atom is 0.0434 e. The standard InChI is InChI=1S/C40H24S2/c1-3-13-25(14-4-1)37-28-18-7-9-20-30(28)38(31-21-10-8-19-29(31)37)39-33-23-32-27-17-11-12-22-34(27)41-35(32)24-36(33)42-40(39)26-15-5-2-6-16-26/h1-24H. The molecule has 0 nitrogen and oxygen atoms in total. The van der Waals surface area contributed by atoms with Gasteiger partial charge in [-0.2, -0.15) is 0 Å². The number of thiophene rings is 2. The van der Waals surface area contributed by atoms with E-state index in [0.29, 0.717) is 0 Å². The normalized spacial score (nSPS) is 11.8. The molecule has 196 valence electrons. The topological polar surface area (TPSA) is 0 Å². The minimum atomic E-state index is 1.25. The van der Waals surface area contributed by atoms with Gasteiger partial charge in [0.1, 0.15) is 0 Å². The van der Waals surface area contributed by atoms with Gasteiger partial charge in [0.05, 0.1) is 0 Å². The van der Waals surface area contributed by atoms with E-state index in [4.69, 9.17) is 0 Å². The Morgan fingerprint density at radius 1 is 0.286 bits per heavy atom. The molecule has 0 spiro atoms. The Bertz CT molecular complexity index is 2390. The van der Waals surface area contributed by atoms with Crippen LogP contribution in [0.1, 0.15) is 0 Å². The highest BCUT2D eigenvalue weighted by Crippen LogP contribution is 2.52. The summed E-state index contributed by atoms with van der Waals surface area (Å²) in [4.78, 5) is 1.33. The monoisotopic (exact) mass is 568 g/mol. The molecule has 0 amide bonds. The largest absolute Gasteiger partial charge is 0.135 e. The van der Waals surface area contributed by atoms with Gasteiger partial charge in [0.25, 0.3) is 0 Å².